The number of amides is 1. The van der Waals surface area contributed by atoms with Crippen LogP contribution in [0.5, 0.6) is 5.75 Å². The van der Waals surface area contributed by atoms with E-state index in [9.17, 15) is 17.6 Å². The van der Waals surface area contributed by atoms with Crippen LogP contribution in [-0.2, 0) is 14.9 Å². The van der Waals surface area contributed by atoms with Gasteiger partial charge in [-0.2, -0.15) is 17.0 Å². The molecule has 1 aromatic carbocycles. The number of piperidine rings is 1. The van der Waals surface area contributed by atoms with Crippen LogP contribution in [0.25, 0.3) is 22.0 Å². The monoisotopic (exact) mass is 517 g/mol. The number of halogens is 1. The molecule has 0 aliphatic carbocycles. The van der Waals surface area contributed by atoms with Crippen LogP contribution in [0.3, 0.4) is 0 Å². The van der Waals surface area contributed by atoms with E-state index in [2.05, 4.69) is 9.97 Å². The van der Waals surface area contributed by atoms with Gasteiger partial charge in [-0.1, -0.05) is 6.07 Å². The highest BCUT2D eigenvalue weighted by molar-refractivity contribution is 7.86. The van der Waals surface area contributed by atoms with Crippen molar-refractivity contribution in [2.45, 2.75) is 18.9 Å². The fourth-order valence-corrected chi connectivity index (χ4v) is 5.14. The molecule has 0 atom stereocenters. The molecular formula is C24H28FN5O5S. The fraction of sp³-hybridized carbons (Fsp3) is 0.375. The summed E-state index contributed by atoms with van der Waals surface area (Å²) in [5.74, 6) is -1.13. The van der Waals surface area contributed by atoms with E-state index in [1.54, 1.807) is 24.5 Å². The number of carbonyl (C=O) groups excluding carboxylic acids is 1. The zero-order valence-electron chi connectivity index (χ0n) is 20.1. The van der Waals surface area contributed by atoms with E-state index in [0.29, 0.717) is 48.0 Å². The summed E-state index contributed by atoms with van der Waals surface area (Å²) in [7, 11) is -0.394. The second-order valence-electron chi connectivity index (χ2n) is 8.57. The molecule has 10 nitrogen and oxygen atoms in total. The molecule has 3 heterocycles. The maximum Gasteiger partial charge on any atom is 0.281 e. The molecule has 0 bridgehead atoms. The lowest BCUT2D eigenvalue weighted by Gasteiger charge is -2.32. The van der Waals surface area contributed by atoms with Crippen LogP contribution < -0.4 is 10.5 Å². The van der Waals surface area contributed by atoms with Crippen LogP contribution in [0.1, 0.15) is 23.3 Å². The Morgan fingerprint density at radius 2 is 1.92 bits per heavy atom. The van der Waals surface area contributed by atoms with Gasteiger partial charge in [0.25, 0.3) is 16.1 Å². The number of pyridine rings is 2. The number of primary amides is 1. The number of nitrogens with zero attached hydrogens (tertiary/aromatic N) is 4. The largest absolute Gasteiger partial charge is 0.488 e. The molecule has 0 saturated carbocycles. The highest BCUT2D eigenvalue weighted by Gasteiger charge is 2.29. The number of nitrogens with two attached hydrogens (primary N) is 1. The van der Waals surface area contributed by atoms with E-state index < -0.39 is 21.9 Å². The van der Waals surface area contributed by atoms with Gasteiger partial charge in [-0.3, -0.25) is 9.78 Å². The van der Waals surface area contributed by atoms with Crippen molar-refractivity contribution in [2.24, 2.45) is 5.73 Å². The summed E-state index contributed by atoms with van der Waals surface area (Å²) in [6, 6.07) is 7.75. The van der Waals surface area contributed by atoms with Gasteiger partial charge < -0.3 is 15.2 Å². The lowest BCUT2D eigenvalue weighted by Crippen LogP contribution is -2.46. The second-order valence-corrected chi connectivity index (χ2v) is 10.7. The highest BCUT2D eigenvalue weighted by Crippen LogP contribution is 2.30. The van der Waals surface area contributed by atoms with Crippen LogP contribution in [-0.4, -0.2) is 79.4 Å². The van der Waals surface area contributed by atoms with Crippen molar-refractivity contribution in [1.29, 1.82) is 0 Å². The average molecular weight is 518 g/mol. The maximum absolute atomic E-state index is 14.8. The zero-order valence-corrected chi connectivity index (χ0v) is 20.9. The lowest BCUT2D eigenvalue weighted by molar-refractivity contribution is 0.00608. The molecule has 1 aliphatic rings. The van der Waals surface area contributed by atoms with E-state index >= 15 is 0 Å². The number of ether oxygens (including phenoxy) is 2. The van der Waals surface area contributed by atoms with Crippen molar-refractivity contribution < 1.29 is 27.1 Å². The average Bonchev–Trinajstić information content (AvgIpc) is 2.86. The molecule has 12 heteroatoms. The first-order chi connectivity index (χ1) is 17.2. The zero-order chi connectivity index (χ0) is 25.9. The molecule has 36 heavy (non-hydrogen) atoms. The predicted molar refractivity (Wildman–Crippen MR) is 132 cm³/mol. The summed E-state index contributed by atoms with van der Waals surface area (Å²) in [5, 5.41) is 0.695. The summed E-state index contributed by atoms with van der Waals surface area (Å²) < 4.78 is 53.2. The van der Waals surface area contributed by atoms with Crippen LogP contribution in [0.4, 0.5) is 4.39 Å². The summed E-state index contributed by atoms with van der Waals surface area (Å²) in [6.45, 7) is 1.17. The molecule has 2 N–H and O–H groups in total. The predicted octanol–water partition coefficient (Wildman–Crippen LogP) is 2.20. The minimum atomic E-state index is -3.41. The molecular weight excluding hydrogens is 489 g/mol. The molecule has 192 valence electrons. The van der Waals surface area contributed by atoms with Gasteiger partial charge in [-0.15, -0.1) is 0 Å². The molecule has 1 amide bonds. The van der Waals surface area contributed by atoms with Gasteiger partial charge in [0.15, 0.2) is 11.6 Å². The first kappa shape index (κ1) is 25.9. The van der Waals surface area contributed by atoms with Gasteiger partial charge in [0, 0.05) is 50.5 Å². The number of benzene rings is 1. The number of hydrogen-bond donors (Lipinski definition) is 1. The molecule has 1 fully saturated rings. The normalized spacial score (nSPS) is 15.4. The van der Waals surface area contributed by atoms with Crippen LogP contribution in [0.15, 0.2) is 42.7 Å². The number of fused-ring (bicyclic) bond motifs is 1. The Morgan fingerprint density at radius 1 is 1.17 bits per heavy atom. The number of hydrogen-bond acceptors (Lipinski definition) is 7. The van der Waals surface area contributed by atoms with Gasteiger partial charge in [0.1, 0.15) is 12.3 Å². The Morgan fingerprint density at radius 3 is 2.58 bits per heavy atom. The van der Waals surface area contributed by atoms with Crippen LogP contribution in [0, 0.1) is 5.82 Å². The van der Waals surface area contributed by atoms with E-state index in [4.69, 9.17) is 15.2 Å². The van der Waals surface area contributed by atoms with Crippen molar-refractivity contribution in [3.63, 3.8) is 0 Å². The van der Waals surface area contributed by atoms with E-state index in [1.807, 2.05) is 0 Å². The molecule has 0 unspecified atom stereocenters. The van der Waals surface area contributed by atoms with E-state index in [-0.39, 0.29) is 30.8 Å². The lowest BCUT2D eigenvalue weighted by atomic mass is 10.0. The van der Waals surface area contributed by atoms with Crippen molar-refractivity contribution >= 4 is 27.0 Å². The van der Waals surface area contributed by atoms with E-state index in [0.717, 1.165) is 0 Å². The quantitative estimate of drug-likeness (QED) is 0.431. The third-order valence-electron chi connectivity index (χ3n) is 5.98. The minimum absolute atomic E-state index is 0.0771. The molecule has 0 spiro atoms. The molecule has 2 aromatic heterocycles. The van der Waals surface area contributed by atoms with Gasteiger partial charge in [0.2, 0.25) is 0 Å². The van der Waals surface area contributed by atoms with Crippen LogP contribution >= 0.6 is 0 Å². The van der Waals surface area contributed by atoms with Crippen LogP contribution in [0.2, 0.25) is 0 Å². The van der Waals surface area contributed by atoms with Crippen molar-refractivity contribution in [1.82, 2.24) is 18.6 Å². The third-order valence-corrected chi connectivity index (χ3v) is 7.92. The Kier molecular flexibility index (Phi) is 7.79. The Labute approximate surface area is 209 Å². The molecule has 1 saturated heterocycles. The molecule has 3 aromatic rings. The standard InChI is InChI=1S/C24H28FN5O5S/c1-29(2)36(32,33)30-9-7-18(8-10-30)34-11-12-35-22-6-4-16(13-20(22)25)19-15-27-14-17-3-5-21(24(26)31)28-23(17)19/h3-6,13-15,18H,7-12H2,1-2H3,(H2,26,31). The fourth-order valence-electron chi connectivity index (χ4n) is 4.00. The Balaban J connectivity index is 1.34. The third kappa shape index (κ3) is 5.62. The molecule has 0 radical (unpaired) electrons. The number of aromatic nitrogens is 2. The summed E-state index contributed by atoms with van der Waals surface area (Å²) in [5.41, 5.74) is 7.04. The topological polar surface area (TPSA) is 128 Å². The van der Waals surface area contributed by atoms with Gasteiger partial charge >= 0.3 is 0 Å². The Hall–Kier alpha value is -3.19. The van der Waals surface area contributed by atoms with Gasteiger partial charge in [-0.25, -0.2) is 9.37 Å². The maximum atomic E-state index is 14.8. The number of carbonyl (C=O) groups is 1. The SMILES string of the molecule is CN(C)S(=O)(=O)N1CCC(OCCOc2ccc(-c3cncc4ccc(C(N)=O)nc34)cc2F)CC1. The van der Waals surface area contributed by atoms with Crippen molar-refractivity contribution in [2.75, 3.05) is 40.4 Å². The first-order valence-electron chi connectivity index (χ1n) is 11.4. The minimum Gasteiger partial charge on any atom is -0.488 e. The van der Waals surface area contributed by atoms with Gasteiger partial charge in [-0.05, 0) is 42.7 Å². The summed E-state index contributed by atoms with van der Waals surface area (Å²) in [6.07, 6.45) is 4.25. The molecule has 4 rings (SSSR count). The van der Waals surface area contributed by atoms with Crippen molar-refractivity contribution in [3.8, 4) is 16.9 Å². The second kappa shape index (κ2) is 10.8. The Bertz CT molecular complexity index is 1360. The summed E-state index contributed by atoms with van der Waals surface area (Å²) >= 11 is 0. The summed E-state index contributed by atoms with van der Waals surface area (Å²) in [4.78, 5) is 20.0. The molecule has 1 aliphatic heterocycles. The smallest absolute Gasteiger partial charge is 0.281 e. The highest BCUT2D eigenvalue weighted by atomic mass is 32.2. The first-order valence-corrected chi connectivity index (χ1v) is 12.8. The van der Waals surface area contributed by atoms with Crippen molar-refractivity contribution in [3.05, 3.63) is 54.2 Å². The number of rotatable bonds is 9. The van der Waals surface area contributed by atoms with E-state index in [1.165, 1.54) is 40.9 Å². The van der Waals surface area contributed by atoms with Gasteiger partial charge in [0.05, 0.1) is 18.2 Å².